The molecule has 0 aliphatic carbocycles. The molecule has 0 N–H and O–H groups in total. The summed E-state index contributed by atoms with van der Waals surface area (Å²) in [7, 11) is 0. The third-order valence-electron chi connectivity index (χ3n) is 0.804. The molecule has 0 heterocycles. The van der Waals surface area contributed by atoms with E-state index in [1.807, 2.05) is 0 Å². The molecule has 0 aromatic carbocycles. The minimum Gasteiger partial charge on any atom is -0.299 e. The van der Waals surface area contributed by atoms with Crippen molar-refractivity contribution in [3.63, 3.8) is 0 Å². The highest BCUT2D eigenvalue weighted by Crippen LogP contribution is 2.08. The Morgan fingerprint density at radius 1 is 1.75 bits per heavy atom. The minimum absolute atomic E-state index is 0.240. The number of halogens is 2. The van der Waals surface area contributed by atoms with Crippen molar-refractivity contribution in [3.05, 3.63) is 0 Å². The van der Waals surface area contributed by atoms with Gasteiger partial charge in [0, 0.05) is 4.43 Å². The van der Waals surface area contributed by atoms with Crippen LogP contribution in [0.4, 0.5) is 0 Å². The number of alkyl halides is 2. The Labute approximate surface area is 76.9 Å². The third kappa shape index (κ3) is 4.05. The van der Waals surface area contributed by atoms with Gasteiger partial charge in [0.1, 0.15) is 5.78 Å². The maximum Gasteiger partial charge on any atom is 0.142 e. The first-order chi connectivity index (χ1) is 3.68. The normalized spacial score (nSPS) is 13.4. The van der Waals surface area contributed by atoms with Crippen molar-refractivity contribution in [1.29, 1.82) is 0 Å². The molecular weight excluding hydrogens is 330 g/mol. The highest BCUT2D eigenvalue weighted by molar-refractivity contribution is 14.1. The fourth-order valence-corrected chi connectivity index (χ4v) is 2.42. The van der Waals surface area contributed by atoms with Crippen LogP contribution in [0.15, 0.2) is 0 Å². The second-order valence-electron chi connectivity index (χ2n) is 1.56. The van der Waals surface area contributed by atoms with Crippen LogP contribution in [0.2, 0.25) is 0 Å². The van der Waals surface area contributed by atoms with Crippen molar-refractivity contribution in [2.45, 2.75) is 17.3 Å². The van der Waals surface area contributed by atoms with Gasteiger partial charge in [0.15, 0.2) is 0 Å². The quantitative estimate of drug-likeness (QED) is 0.570. The van der Waals surface area contributed by atoms with Gasteiger partial charge in [0.05, 0.1) is 3.92 Å². The zero-order valence-corrected chi connectivity index (χ0v) is 8.97. The second kappa shape index (κ2) is 4.96. The number of carbonyl (C=O) groups is 1. The molecule has 0 aliphatic rings. The molecule has 0 radical (unpaired) electrons. The molecule has 0 bridgehead atoms. The molecule has 0 aromatic rings. The molecule has 0 saturated carbocycles. The second-order valence-corrected chi connectivity index (χ2v) is 4.14. The molecule has 0 aromatic heterocycles. The van der Waals surface area contributed by atoms with Gasteiger partial charge < -0.3 is 0 Å². The Balaban J connectivity index is 3.32. The van der Waals surface area contributed by atoms with Gasteiger partial charge in [-0.2, -0.15) is 0 Å². The molecule has 0 fully saturated rings. The lowest BCUT2D eigenvalue weighted by Crippen LogP contribution is -2.08. The number of Topliss-reactive ketones (excluding diaryl/α,β-unsaturated/α-hetero) is 1. The molecule has 0 rings (SSSR count). The molecule has 1 unspecified atom stereocenters. The molecule has 8 heavy (non-hydrogen) atoms. The molecule has 3 heteroatoms. The Morgan fingerprint density at radius 3 is 2.38 bits per heavy atom. The molecule has 0 saturated heterocycles. The van der Waals surface area contributed by atoms with Gasteiger partial charge in [0.25, 0.3) is 0 Å². The molecular formula is C5H8I2O. The summed E-state index contributed by atoms with van der Waals surface area (Å²) in [6.07, 6.45) is 1.01. The van der Waals surface area contributed by atoms with Crippen LogP contribution in [0.25, 0.3) is 0 Å². The molecule has 1 atom stereocenters. The average molecular weight is 338 g/mol. The summed E-state index contributed by atoms with van der Waals surface area (Å²) < 4.78 is 1.31. The first-order valence-electron chi connectivity index (χ1n) is 2.39. The Hall–Kier alpha value is 1.13. The highest BCUT2D eigenvalue weighted by atomic mass is 127. The van der Waals surface area contributed by atoms with Crippen LogP contribution in [0.5, 0.6) is 0 Å². The lowest BCUT2D eigenvalue weighted by atomic mass is 10.3. The van der Waals surface area contributed by atoms with E-state index in [-0.39, 0.29) is 3.92 Å². The van der Waals surface area contributed by atoms with Gasteiger partial charge in [-0.25, -0.2) is 0 Å². The number of rotatable bonds is 3. The van der Waals surface area contributed by atoms with Gasteiger partial charge in [0.2, 0.25) is 0 Å². The lowest BCUT2D eigenvalue weighted by molar-refractivity contribution is -0.116. The van der Waals surface area contributed by atoms with Crippen LogP contribution in [0.3, 0.4) is 0 Å². The minimum atomic E-state index is 0.240. The van der Waals surface area contributed by atoms with Crippen molar-refractivity contribution < 1.29 is 4.79 Å². The first-order valence-corrected chi connectivity index (χ1v) is 5.16. The van der Waals surface area contributed by atoms with E-state index in [4.69, 9.17) is 0 Å². The predicted octanol–water partition coefficient (Wildman–Crippen LogP) is 2.20. The van der Waals surface area contributed by atoms with Crippen LogP contribution in [-0.2, 0) is 4.79 Å². The summed E-state index contributed by atoms with van der Waals surface area (Å²) in [6.45, 7) is 1.64. The molecule has 0 amide bonds. The van der Waals surface area contributed by atoms with Crippen molar-refractivity contribution in [1.82, 2.24) is 0 Å². The summed E-state index contributed by atoms with van der Waals surface area (Å²) >= 11 is 4.46. The monoisotopic (exact) mass is 338 g/mol. The van der Waals surface area contributed by atoms with Crippen molar-refractivity contribution in [3.8, 4) is 0 Å². The molecule has 0 aliphatic heterocycles. The van der Waals surface area contributed by atoms with Crippen LogP contribution in [-0.4, -0.2) is 14.1 Å². The zero-order chi connectivity index (χ0) is 6.57. The van der Waals surface area contributed by atoms with Crippen LogP contribution in [0, 0.1) is 0 Å². The van der Waals surface area contributed by atoms with Crippen molar-refractivity contribution in [2.24, 2.45) is 0 Å². The van der Waals surface area contributed by atoms with Gasteiger partial charge in [-0.15, -0.1) is 0 Å². The van der Waals surface area contributed by atoms with E-state index in [1.165, 1.54) is 0 Å². The molecule has 1 nitrogen and oxygen atoms in total. The van der Waals surface area contributed by atoms with Crippen LogP contribution >= 0.6 is 45.2 Å². The zero-order valence-electron chi connectivity index (χ0n) is 4.66. The maximum absolute atomic E-state index is 10.5. The fourth-order valence-electron chi connectivity index (χ4n) is 0.299. The Kier molecular flexibility index (Phi) is 5.66. The van der Waals surface area contributed by atoms with Crippen LogP contribution in [0.1, 0.15) is 13.3 Å². The van der Waals surface area contributed by atoms with Gasteiger partial charge in [-0.3, -0.25) is 4.79 Å². The maximum atomic E-state index is 10.5. The standard InChI is InChI=1S/C5H8I2O/c1-4(8)5(7)2-3-6/h5H,2-3H2,1H3. The molecule has 48 valence electrons. The van der Waals surface area contributed by atoms with Gasteiger partial charge >= 0.3 is 0 Å². The summed E-state index contributed by atoms with van der Waals surface area (Å²) in [4.78, 5) is 10.5. The largest absolute Gasteiger partial charge is 0.299 e. The van der Waals surface area contributed by atoms with E-state index in [2.05, 4.69) is 45.2 Å². The Morgan fingerprint density at radius 2 is 2.25 bits per heavy atom. The smallest absolute Gasteiger partial charge is 0.142 e. The summed E-state index contributed by atoms with van der Waals surface area (Å²) in [5.74, 6) is 0.294. The Bertz CT molecular complexity index is 82.5. The van der Waals surface area contributed by atoms with E-state index < -0.39 is 0 Å². The summed E-state index contributed by atoms with van der Waals surface area (Å²) in [6, 6.07) is 0. The topological polar surface area (TPSA) is 17.1 Å². The number of carbonyl (C=O) groups excluding carboxylic acids is 1. The number of hydrogen-bond acceptors (Lipinski definition) is 1. The van der Waals surface area contributed by atoms with Crippen molar-refractivity contribution >= 4 is 51.0 Å². The van der Waals surface area contributed by atoms with E-state index in [1.54, 1.807) is 6.92 Å². The van der Waals surface area contributed by atoms with Gasteiger partial charge in [-0.05, 0) is 13.3 Å². The average Bonchev–Trinajstić information content (AvgIpc) is 1.67. The lowest BCUT2D eigenvalue weighted by Gasteiger charge is -1.99. The predicted molar refractivity (Wildman–Crippen MR) is 52.0 cm³/mol. The van der Waals surface area contributed by atoms with Crippen molar-refractivity contribution in [2.75, 3.05) is 4.43 Å². The third-order valence-corrected chi connectivity index (χ3v) is 2.93. The van der Waals surface area contributed by atoms with Crippen LogP contribution < -0.4 is 0 Å². The SMILES string of the molecule is CC(=O)C(I)CCI. The first kappa shape index (κ1) is 9.13. The highest BCUT2D eigenvalue weighted by Gasteiger charge is 2.06. The van der Waals surface area contributed by atoms with E-state index >= 15 is 0 Å². The fraction of sp³-hybridized carbons (Fsp3) is 0.800. The van der Waals surface area contributed by atoms with E-state index in [0.717, 1.165) is 10.8 Å². The number of ketones is 1. The summed E-state index contributed by atoms with van der Waals surface area (Å²) in [5.41, 5.74) is 0. The molecule has 0 spiro atoms. The van der Waals surface area contributed by atoms with E-state index in [0.29, 0.717) is 5.78 Å². The number of hydrogen-bond donors (Lipinski definition) is 0. The summed E-state index contributed by atoms with van der Waals surface area (Å²) in [5, 5.41) is 0. The van der Waals surface area contributed by atoms with E-state index in [9.17, 15) is 4.79 Å². The van der Waals surface area contributed by atoms with Gasteiger partial charge in [-0.1, -0.05) is 45.2 Å².